The van der Waals surface area contributed by atoms with Crippen LogP contribution < -0.4 is 0 Å². The Bertz CT molecular complexity index is 448. The van der Waals surface area contributed by atoms with Gasteiger partial charge in [0.15, 0.2) is 17.9 Å². The van der Waals surface area contributed by atoms with E-state index in [2.05, 4.69) is 10.2 Å². The molecule has 0 atom stereocenters. The fourth-order valence-corrected chi connectivity index (χ4v) is 1.28. The fraction of sp³-hybridized carbons (Fsp3) is 0.100. The maximum absolute atomic E-state index is 10.5. The van der Waals surface area contributed by atoms with Crippen molar-refractivity contribution in [1.29, 1.82) is 0 Å². The van der Waals surface area contributed by atoms with Crippen LogP contribution in [0.15, 0.2) is 30.3 Å². The lowest BCUT2D eigenvalue weighted by molar-refractivity contribution is 0.111. The normalized spacial score (nSPS) is 10.1. The first-order valence-electron chi connectivity index (χ1n) is 4.23. The first-order chi connectivity index (χ1) is 6.83. The molecule has 1 heterocycles. The standard InChI is InChI=1S/C10H9N3O/c1-13-9(7-14)11-12-10(13)8-5-3-2-4-6-8/h2-7H,1H3. The van der Waals surface area contributed by atoms with Gasteiger partial charge in [-0.25, -0.2) is 0 Å². The summed E-state index contributed by atoms with van der Waals surface area (Å²) in [4.78, 5) is 10.5. The van der Waals surface area contributed by atoms with Crippen molar-refractivity contribution in [2.75, 3.05) is 0 Å². The van der Waals surface area contributed by atoms with Crippen LogP contribution in [0, 0.1) is 0 Å². The highest BCUT2D eigenvalue weighted by Crippen LogP contribution is 2.15. The molecule has 1 aromatic heterocycles. The molecular weight excluding hydrogens is 178 g/mol. The van der Waals surface area contributed by atoms with Crippen LogP contribution >= 0.6 is 0 Å². The van der Waals surface area contributed by atoms with Crippen LogP contribution in [0.4, 0.5) is 0 Å². The van der Waals surface area contributed by atoms with E-state index in [4.69, 9.17) is 0 Å². The highest BCUT2D eigenvalue weighted by Gasteiger charge is 2.08. The van der Waals surface area contributed by atoms with Gasteiger partial charge >= 0.3 is 0 Å². The number of aromatic nitrogens is 3. The molecule has 0 amide bonds. The average molecular weight is 187 g/mol. The van der Waals surface area contributed by atoms with Crippen LogP contribution in [0.2, 0.25) is 0 Å². The van der Waals surface area contributed by atoms with Crippen molar-refractivity contribution in [1.82, 2.24) is 14.8 Å². The number of rotatable bonds is 2. The maximum Gasteiger partial charge on any atom is 0.196 e. The van der Waals surface area contributed by atoms with Gasteiger partial charge in [-0.2, -0.15) is 0 Å². The molecular formula is C10H9N3O. The Hall–Kier alpha value is -1.97. The third-order valence-corrected chi connectivity index (χ3v) is 2.05. The molecule has 0 spiro atoms. The average Bonchev–Trinajstić information content (AvgIpc) is 2.61. The molecule has 0 radical (unpaired) electrons. The number of hydrogen-bond acceptors (Lipinski definition) is 3. The molecule has 0 fully saturated rings. The number of carbonyl (C=O) groups excluding carboxylic acids is 1. The van der Waals surface area contributed by atoms with Gasteiger partial charge < -0.3 is 4.57 Å². The molecule has 0 saturated heterocycles. The molecule has 14 heavy (non-hydrogen) atoms. The lowest BCUT2D eigenvalue weighted by Gasteiger charge is -1.99. The molecule has 0 bridgehead atoms. The molecule has 0 aliphatic heterocycles. The number of carbonyl (C=O) groups is 1. The Balaban J connectivity index is 2.53. The summed E-state index contributed by atoms with van der Waals surface area (Å²) in [5.41, 5.74) is 0.954. The van der Waals surface area contributed by atoms with Gasteiger partial charge in [-0.1, -0.05) is 30.3 Å². The lowest BCUT2D eigenvalue weighted by Crippen LogP contribution is -1.97. The first-order valence-corrected chi connectivity index (χ1v) is 4.23. The van der Waals surface area contributed by atoms with Crippen LogP contribution in [0.1, 0.15) is 10.6 Å². The molecule has 70 valence electrons. The van der Waals surface area contributed by atoms with Crippen molar-refractivity contribution >= 4 is 6.29 Å². The predicted molar refractivity (Wildman–Crippen MR) is 51.8 cm³/mol. The van der Waals surface area contributed by atoms with E-state index in [1.165, 1.54) is 0 Å². The topological polar surface area (TPSA) is 47.8 Å². The molecule has 0 aliphatic rings. The lowest BCUT2D eigenvalue weighted by atomic mass is 10.2. The fourth-order valence-electron chi connectivity index (χ4n) is 1.28. The van der Waals surface area contributed by atoms with Crippen LogP contribution in [0.25, 0.3) is 11.4 Å². The second-order valence-corrected chi connectivity index (χ2v) is 2.92. The maximum atomic E-state index is 10.5. The molecule has 0 aliphatic carbocycles. The molecule has 4 nitrogen and oxygen atoms in total. The zero-order valence-corrected chi connectivity index (χ0v) is 7.71. The molecule has 0 unspecified atom stereocenters. The van der Waals surface area contributed by atoms with E-state index in [0.717, 1.165) is 5.56 Å². The highest BCUT2D eigenvalue weighted by atomic mass is 16.1. The van der Waals surface area contributed by atoms with Crippen molar-refractivity contribution in [3.05, 3.63) is 36.2 Å². The minimum Gasteiger partial charge on any atom is -0.308 e. The molecule has 2 aromatic rings. The van der Waals surface area contributed by atoms with Crippen LogP contribution in [0.5, 0.6) is 0 Å². The predicted octanol–water partition coefficient (Wildman–Crippen LogP) is 1.29. The summed E-state index contributed by atoms with van der Waals surface area (Å²) in [6.45, 7) is 0. The highest BCUT2D eigenvalue weighted by molar-refractivity contribution is 5.71. The van der Waals surface area contributed by atoms with Crippen LogP contribution in [-0.4, -0.2) is 21.1 Å². The molecule has 0 N–H and O–H groups in total. The van der Waals surface area contributed by atoms with Crippen LogP contribution in [-0.2, 0) is 7.05 Å². The van der Waals surface area contributed by atoms with E-state index in [1.807, 2.05) is 30.3 Å². The van der Waals surface area contributed by atoms with Gasteiger partial charge in [0.25, 0.3) is 0 Å². The Morgan fingerprint density at radius 3 is 2.50 bits per heavy atom. The van der Waals surface area contributed by atoms with Crippen molar-refractivity contribution in [2.45, 2.75) is 0 Å². The van der Waals surface area contributed by atoms with Gasteiger partial charge in [0.1, 0.15) is 0 Å². The Morgan fingerprint density at radius 2 is 1.93 bits per heavy atom. The second kappa shape index (κ2) is 3.41. The summed E-state index contributed by atoms with van der Waals surface area (Å²) in [6, 6.07) is 9.63. The van der Waals surface area contributed by atoms with E-state index in [-0.39, 0.29) is 0 Å². The quantitative estimate of drug-likeness (QED) is 0.665. The van der Waals surface area contributed by atoms with Gasteiger partial charge in [-0.3, -0.25) is 4.79 Å². The number of benzene rings is 1. The van der Waals surface area contributed by atoms with Crippen LogP contribution in [0.3, 0.4) is 0 Å². The summed E-state index contributed by atoms with van der Waals surface area (Å²) in [5.74, 6) is 1.04. The van der Waals surface area contributed by atoms with E-state index < -0.39 is 0 Å². The summed E-state index contributed by atoms with van der Waals surface area (Å²) in [7, 11) is 1.77. The van der Waals surface area contributed by atoms with Crippen molar-refractivity contribution < 1.29 is 4.79 Å². The van der Waals surface area contributed by atoms with Crippen molar-refractivity contribution in [3.63, 3.8) is 0 Å². The molecule has 4 heteroatoms. The zero-order chi connectivity index (χ0) is 9.97. The van der Waals surface area contributed by atoms with Crippen molar-refractivity contribution in [2.24, 2.45) is 7.05 Å². The second-order valence-electron chi connectivity index (χ2n) is 2.92. The van der Waals surface area contributed by atoms with Crippen molar-refractivity contribution in [3.8, 4) is 11.4 Å². The minimum atomic E-state index is 0.337. The Kier molecular flexibility index (Phi) is 2.10. The summed E-state index contributed by atoms with van der Waals surface area (Å²) in [5, 5.41) is 7.69. The van der Waals surface area contributed by atoms with Gasteiger partial charge in [0.05, 0.1) is 0 Å². The molecule has 0 saturated carbocycles. The monoisotopic (exact) mass is 187 g/mol. The van der Waals surface area contributed by atoms with E-state index in [1.54, 1.807) is 11.6 Å². The van der Waals surface area contributed by atoms with Gasteiger partial charge in [-0.15, -0.1) is 10.2 Å². The van der Waals surface area contributed by atoms with E-state index in [0.29, 0.717) is 17.9 Å². The first kappa shape index (κ1) is 8.62. The number of hydrogen-bond donors (Lipinski definition) is 0. The SMILES string of the molecule is Cn1c(C=O)nnc1-c1ccccc1. The largest absolute Gasteiger partial charge is 0.308 e. The third kappa shape index (κ3) is 1.31. The van der Waals surface area contributed by atoms with E-state index in [9.17, 15) is 4.79 Å². The summed E-state index contributed by atoms with van der Waals surface area (Å²) in [6.07, 6.45) is 0.694. The molecule has 2 rings (SSSR count). The minimum absolute atomic E-state index is 0.337. The van der Waals surface area contributed by atoms with Gasteiger partial charge in [0, 0.05) is 12.6 Å². The van der Waals surface area contributed by atoms with E-state index >= 15 is 0 Å². The smallest absolute Gasteiger partial charge is 0.196 e. The van der Waals surface area contributed by atoms with Gasteiger partial charge in [-0.05, 0) is 0 Å². The zero-order valence-electron chi connectivity index (χ0n) is 7.71. The summed E-state index contributed by atoms with van der Waals surface area (Å²) >= 11 is 0. The van der Waals surface area contributed by atoms with Gasteiger partial charge in [0.2, 0.25) is 0 Å². The number of aldehydes is 1. The Morgan fingerprint density at radius 1 is 1.21 bits per heavy atom. The Labute approximate surface area is 81.2 Å². The third-order valence-electron chi connectivity index (χ3n) is 2.05. The summed E-state index contributed by atoms with van der Waals surface area (Å²) < 4.78 is 1.67. The number of nitrogens with zero attached hydrogens (tertiary/aromatic N) is 3. The molecule has 1 aromatic carbocycles.